The van der Waals surface area contributed by atoms with E-state index in [1.807, 2.05) is 22.0 Å². The molecule has 23 heavy (non-hydrogen) atoms. The molecule has 120 valence electrons. The third kappa shape index (κ3) is 4.11. The van der Waals surface area contributed by atoms with Crippen molar-refractivity contribution in [1.29, 1.82) is 0 Å². The van der Waals surface area contributed by atoms with Crippen LogP contribution in [0, 0.1) is 6.92 Å². The number of aromatic nitrogens is 3. The highest BCUT2D eigenvalue weighted by Gasteiger charge is 2.10. The molecule has 0 aliphatic carbocycles. The SMILES string of the molecule is CCOC(=O)Cc1csc(SCc2cn3cc(C)ccc3n2)n1. The number of fused-ring (bicyclic) bond motifs is 1. The third-order valence-electron chi connectivity index (χ3n) is 3.15. The van der Waals surface area contributed by atoms with Gasteiger partial charge < -0.3 is 9.14 Å². The summed E-state index contributed by atoms with van der Waals surface area (Å²) in [4.78, 5) is 20.5. The number of hydrogen-bond acceptors (Lipinski definition) is 6. The standard InChI is InChI=1S/C16H17N3O2S2/c1-3-21-15(20)6-12-9-22-16(18-12)23-10-13-8-19-7-11(2)4-5-14(19)17-13/h4-5,7-9H,3,6,10H2,1-2H3. The summed E-state index contributed by atoms with van der Waals surface area (Å²) in [5.74, 6) is 0.526. The van der Waals surface area contributed by atoms with Crippen LogP contribution in [-0.4, -0.2) is 26.9 Å². The molecule has 0 N–H and O–H groups in total. The van der Waals surface area contributed by atoms with E-state index in [4.69, 9.17) is 4.74 Å². The summed E-state index contributed by atoms with van der Waals surface area (Å²) < 4.78 is 7.92. The monoisotopic (exact) mass is 347 g/mol. The summed E-state index contributed by atoms with van der Waals surface area (Å²) in [5.41, 5.74) is 3.94. The Kier molecular flexibility index (Phi) is 4.97. The van der Waals surface area contributed by atoms with Crippen LogP contribution in [0.15, 0.2) is 34.2 Å². The lowest BCUT2D eigenvalue weighted by Gasteiger charge is -1.98. The van der Waals surface area contributed by atoms with Gasteiger partial charge >= 0.3 is 5.97 Å². The summed E-state index contributed by atoms with van der Waals surface area (Å²) in [6.45, 7) is 4.27. The molecule has 0 aromatic carbocycles. The van der Waals surface area contributed by atoms with E-state index in [0.29, 0.717) is 6.61 Å². The number of thioether (sulfide) groups is 1. The number of thiazole rings is 1. The number of hydrogen-bond donors (Lipinski definition) is 0. The average molecular weight is 347 g/mol. The highest BCUT2D eigenvalue weighted by molar-refractivity contribution is 8.00. The van der Waals surface area contributed by atoms with Crippen molar-refractivity contribution in [2.75, 3.05) is 6.61 Å². The maximum absolute atomic E-state index is 11.5. The zero-order valence-electron chi connectivity index (χ0n) is 13.0. The Morgan fingerprint density at radius 2 is 2.17 bits per heavy atom. The van der Waals surface area contributed by atoms with Gasteiger partial charge in [-0.15, -0.1) is 11.3 Å². The van der Waals surface area contributed by atoms with Crippen LogP contribution in [0.5, 0.6) is 0 Å². The van der Waals surface area contributed by atoms with E-state index >= 15 is 0 Å². The summed E-state index contributed by atoms with van der Waals surface area (Å²) in [5, 5.41) is 1.91. The molecule has 0 unspecified atom stereocenters. The molecule has 0 aliphatic heterocycles. The lowest BCUT2D eigenvalue weighted by atomic mass is 10.3. The van der Waals surface area contributed by atoms with E-state index in [1.54, 1.807) is 30.0 Å². The number of pyridine rings is 1. The molecule has 0 aliphatic rings. The van der Waals surface area contributed by atoms with Gasteiger partial charge in [0.15, 0.2) is 4.34 Å². The lowest BCUT2D eigenvalue weighted by molar-refractivity contribution is -0.142. The first kappa shape index (κ1) is 16.0. The molecule has 0 atom stereocenters. The van der Waals surface area contributed by atoms with Crippen LogP contribution >= 0.6 is 23.1 Å². The van der Waals surface area contributed by atoms with Crippen LogP contribution in [-0.2, 0) is 21.7 Å². The minimum Gasteiger partial charge on any atom is -0.466 e. The van der Waals surface area contributed by atoms with Gasteiger partial charge in [-0.3, -0.25) is 4.79 Å². The van der Waals surface area contributed by atoms with E-state index in [9.17, 15) is 4.79 Å². The summed E-state index contributed by atoms with van der Waals surface area (Å²) in [6, 6.07) is 4.08. The largest absolute Gasteiger partial charge is 0.466 e. The van der Waals surface area contributed by atoms with E-state index in [-0.39, 0.29) is 12.4 Å². The summed E-state index contributed by atoms with van der Waals surface area (Å²) >= 11 is 3.18. The molecule has 3 aromatic heterocycles. The molecule has 0 saturated carbocycles. The van der Waals surface area contributed by atoms with Crippen molar-refractivity contribution in [2.45, 2.75) is 30.4 Å². The van der Waals surface area contributed by atoms with Crippen molar-refractivity contribution >= 4 is 34.7 Å². The number of ether oxygens (including phenoxy) is 1. The first-order chi connectivity index (χ1) is 11.1. The van der Waals surface area contributed by atoms with Gasteiger partial charge in [0.05, 0.1) is 24.4 Å². The van der Waals surface area contributed by atoms with Crippen molar-refractivity contribution in [3.63, 3.8) is 0 Å². The molecule has 5 nitrogen and oxygen atoms in total. The van der Waals surface area contributed by atoms with Crippen LogP contribution in [0.4, 0.5) is 0 Å². The Morgan fingerprint density at radius 3 is 3.00 bits per heavy atom. The van der Waals surface area contributed by atoms with Crippen LogP contribution in [0.2, 0.25) is 0 Å². The zero-order chi connectivity index (χ0) is 16.2. The number of nitrogens with zero attached hydrogens (tertiary/aromatic N) is 3. The smallest absolute Gasteiger partial charge is 0.311 e. The quantitative estimate of drug-likeness (QED) is 0.504. The van der Waals surface area contributed by atoms with Gasteiger partial charge in [0, 0.05) is 23.5 Å². The highest BCUT2D eigenvalue weighted by Crippen LogP contribution is 2.26. The predicted octanol–water partition coefficient (Wildman–Crippen LogP) is 3.50. The Hall–Kier alpha value is -1.86. The Morgan fingerprint density at radius 1 is 1.30 bits per heavy atom. The molecule has 0 saturated heterocycles. The van der Waals surface area contributed by atoms with Gasteiger partial charge in [0.25, 0.3) is 0 Å². The second-order valence-corrected chi connectivity index (χ2v) is 7.16. The molecule has 0 radical (unpaired) electrons. The molecule has 3 aromatic rings. The van der Waals surface area contributed by atoms with Crippen LogP contribution < -0.4 is 0 Å². The maximum atomic E-state index is 11.5. The third-order valence-corrected chi connectivity index (χ3v) is 5.26. The van der Waals surface area contributed by atoms with Crippen molar-refractivity contribution in [1.82, 2.24) is 14.4 Å². The Labute approximate surface area is 142 Å². The fourth-order valence-electron chi connectivity index (χ4n) is 2.16. The van der Waals surface area contributed by atoms with Gasteiger partial charge in [-0.2, -0.15) is 0 Å². The van der Waals surface area contributed by atoms with E-state index in [0.717, 1.165) is 27.1 Å². The second-order valence-electron chi connectivity index (χ2n) is 5.08. The van der Waals surface area contributed by atoms with Crippen LogP contribution in [0.3, 0.4) is 0 Å². The van der Waals surface area contributed by atoms with Crippen molar-refractivity contribution < 1.29 is 9.53 Å². The van der Waals surface area contributed by atoms with Gasteiger partial charge in [0.2, 0.25) is 0 Å². The first-order valence-electron chi connectivity index (χ1n) is 7.31. The minimum atomic E-state index is -0.231. The van der Waals surface area contributed by atoms with Crippen molar-refractivity contribution in [3.05, 3.63) is 46.9 Å². The second kappa shape index (κ2) is 7.14. The molecule has 0 bridgehead atoms. The predicted molar refractivity (Wildman–Crippen MR) is 91.9 cm³/mol. The van der Waals surface area contributed by atoms with Gasteiger partial charge in [-0.25, -0.2) is 9.97 Å². The number of carbonyl (C=O) groups is 1. The Balaban J connectivity index is 1.61. The topological polar surface area (TPSA) is 56.5 Å². The summed E-state index contributed by atoms with van der Waals surface area (Å²) in [7, 11) is 0. The molecule has 0 amide bonds. The van der Waals surface area contributed by atoms with E-state index < -0.39 is 0 Å². The average Bonchev–Trinajstić information content (AvgIpc) is 3.11. The van der Waals surface area contributed by atoms with E-state index in [1.165, 1.54) is 5.56 Å². The summed E-state index contributed by atoms with van der Waals surface area (Å²) in [6.07, 6.45) is 4.35. The number of carbonyl (C=O) groups excluding carboxylic acids is 1. The Bertz CT molecular complexity index is 826. The van der Waals surface area contributed by atoms with Crippen molar-refractivity contribution in [2.24, 2.45) is 0 Å². The minimum absolute atomic E-state index is 0.231. The highest BCUT2D eigenvalue weighted by atomic mass is 32.2. The number of rotatable bonds is 6. The van der Waals surface area contributed by atoms with Gasteiger partial charge in [-0.1, -0.05) is 17.8 Å². The first-order valence-corrected chi connectivity index (χ1v) is 9.17. The molecular weight excluding hydrogens is 330 g/mol. The van der Waals surface area contributed by atoms with Gasteiger partial charge in [-0.05, 0) is 25.5 Å². The fraction of sp³-hybridized carbons (Fsp3) is 0.312. The zero-order valence-corrected chi connectivity index (χ0v) is 14.6. The molecule has 3 heterocycles. The fourth-order valence-corrected chi connectivity index (χ4v) is 3.88. The molecule has 7 heteroatoms. The van der Waals surface area contributed by atoms with Crippen LogP contribution in [0.1, 0.15) is 23.9 Å². The molecule has 3 rings (SSSR count). The van der Waals surface area contributed by atoms with E-state index in [2.05, 4.69) is 29.2 Å². The van der Waals surface area contributed by atoms with Crippen LogP contribution in [0.25, 0.3) is 5.65 Å². The lowest BCUT2D eigenvalue weighted by Crippen LogP contribution is -2.07. The number of aryl methyl sites for hydroxylation is 1. The molecule has 0 spiro atoms. The molecular formula is C16H17N3O2S2. The maximum Gasteiger partial charge on any atom is 0.311 e. The number of imidazole rings is 1. The van der Waals surface area contributed by atoms with Gasteiger partial charge in [0.1, 0.15) is 5.65 Å². The normalized spacial score (nSPS) is 11.0. The number of esters is 1. The molecule has 0 fully saturated rings. The van der Waals surface area contributed by atoms with Crippen molar-refractivity contribution in [3.8, 4) is 0 Å².